The van der Waals surface area contributed by atoms with E-state index in [2.05, 4.69) is 30.7 Å². The number of aryl methyl sites for hydroxylation is 1. The molecular formula is C44H33N7O4. The number of nitrogens with zero attached hydrogens (tertiary/aromatic N) is 4. The molecule has 1 aromatic heterocycles. The van der Waals surface area contributed by atoms with E-state index in [1.54, 1.807) is 37.4 Å². The van der Waals surface area contributed by atoms with Crippen molar-refractivity contribution in [2.75, 3.05) is 14.2 Å². The SMILES string of the molecule is [C-]#[N+]/C(C(=O)NC)=C1/NC(=Nc2ccc(N=Nc3c(O)c(C(=O)Cc4ccc(OC)cc4C)cc4ccc5c6ccccc6[nH]c5c34)cc2)c2ccccc21. The number of carbonyl (C=O) groups is 2. The third kappa shape index (κ3) is 6.21. The Balaban J connectivity index is 1.18. The summed E-state index contributed by atoms with van der Waals surface area (Å²) in [4.78, 5) is 38.1. The number of hydrogen-bond donors (Lipinski definition) is 4. The van der Waals surface area contributed by atoms with Gasteiger partial charge in [0.15, 0.2) is 11.5 Å². The number of aliphatic imine (C=N–C) groups is 1. The second-order valence-corrected chi connectivity index (χ2v) is 13.0. The third-order valence-corrected chi connectivity index (χ3v) is 9.77. The Labute approximate surface area is 315 Å². The summed E-state index contributed by atoms with van der Waals surface area (Å²) in [5.41, 5.74) is 6.63. The highest BCUT2D eigenvalue weighted by atomic mass is 16.5. The number of rotatable bonds is 8. The van der Waals surface area contributed by atoms with Crippen molar-refractivity contribution >= 4 is 72.9 Å². The summed E-state index contributed by atoms with van der Waals surface area (Å²) >= 11 is 0. The van der Waals surface area contributed by atoms with Crippen molar-refractivity contribution < 1.29 is 19.4 Å². The molecular weight excluding hydrogens is 691 g/mol. The molecule has 0 spiro atoms. The van der Waals surface area contributed by atoms with Gasteiger partial charge in [-0.05, 0) is 77.5 Å². The molecule has 4 N–H and O–H groups in total. The predicted octanol–water partition coefficient (Wildman–Crippen LogP) is 9.35. The minimum atomic E-state index is -0.491. The number of para-hydroxylation sites is 1. The highest BCUT2D eigenvalue weighted by molar-refractivity contribution is 6.22. The number of phenols is 1. The van der Waals surface area contributed by atoms with E-state index in [1.807, 2.05) is 85.8 Å². The summed E-state index contributed by atoms with van der Waals surface area (Å²) in [6, 6.07) is 33.6. The first-order chi connectivity index (χ1) is 26.8. The highest BCUT2D eigenvalue weighted by Crippen LogP contribution is 2.44. The number of amides is 1. The molecule has 11 heteroatoms. The summed E-state index contributed by atoms with van der Waals surface area (Å²) in [7, 11) is 3.08. The molecule has 0 radical (unpaired) electrons. The maximum Gasteiger partial charge on any atom is 0.273 e. The number of phenolic OH excluding ortho intramolecular Hbond substituents is 1. The second-order valence-electron chi connectivity index (χ2n) is 13.0. The van der Waals surface area contributed by atoms with Gasteiger partial charge in [0, 0.05) is 40.7 Å². The maximum atomic E-state index is 13.9. The normalized spacial score (nSPS) is 14.0. The Hall–Kier alpha value is -7.58. The summed E-state index contributed by atoms with van der Waals surface area (Å²) in [6.45, 7) is 9.52. The molecule has 0 unspecified atom stereocenters. The lowest BCUT2D eigenvalue weighted by molar-refractivity contribution is -0.116. The van der Waals surface area contributed by atoms with E-state index in [-0.39, 0.29) is 34.9 Å². The number of ether oxygens (including phenoxy) is 1. The molecule has 1 aliphatic heterocycles. The van der Waals surface area contributed by atoms with Gasteiger partial charge < -0.3 is 25.5 Å². The molecule has 1 aliphatic rings. The van der Waals surface area contributed by atoms with Crippen LogP contribution >= 0.6 is 0 Å². The first-order valence-corrected chi connectivity index (χ1v) is 17.4. The number of fused-ring (bicyclic) bond motifs is 6. The molecule has 6 aromatic carbocycles. The van der Waals surface area contributed by atoms with Crippen LogP contribution in [0.3, 0.4) is 0 Å². The van der Waals surface area contributed by atoms with E-state index >= 15 is 0 Å². The number of aromatic nitrogens is 1. The van der Waals surface area contributed by atoms with Crippen LogP contribution in [0.4, 0.5) is 17.1 Å². The van der Waals surface area contributed by atoms with Crippen LogP contribution in [-0.4, -0.2) is 41.8 Å². The molecule has 0 fully saturated rings. The average Bonchev–Trinajstić information content (AvgIpc) is 3.77. The van der Waals surface area contributed by atoms with Gasteiger partial charge in [-0.2, -0.15) is 5.11 Å². The quantitative estimate of drug-likeness (QED) is 0.0535. The van der Waals surface area contributed by atoms with Crippen molar-refractivity contribution in [2.24, 2.45) is 15.2 Å². The number of ketones is 1. The van der Waals surface area contributed by atoms with Crippen molar-refractivity contribution in [1.29, 1.82) is 0 Å². The van der Waals surface area contributed by atoms with Crippen molar-refractivity contribution in [1.82, 2.24) is 15.6 Å². The van der Waals surface area contributed by atoms with Gasteiger partial charge in [0.25, 0.3) is 11.6 Å². The van der Waals surface area contributed by atoms with Gasteiger partial charge in [0.2, 0.25) is 0 Å². The number of methoxy groups -OCH3 is 1. The van der Waals surface area contributed by atoms with Gasteiger partial charge in [-0.3, -0.25) is 9.59 Å². The standard InChI is InChI=1S/C44H33N7O4/c1-24-21-29(55-4)19-13-25(24)23-36(52)34-22-26-14-20-32-30-9-7-8-12-35(30)48-38(32)37(26)40(42(34)53)51-50-28-17-15-27(16-18-28)47-43-33-11-6-5-10-31(33)39(49-43)41(45-2)44(54)46-3/h5-22,48,53H,23H2,1,3-4H3,(H,46,54)(H,47,49)/b41-39+,51-50?. The zero-order chi connectivity index (χ0) is 38.2. The van der Waals surface area contributed by atoms with E-state index in [4.69, 9.17) is 16.3 Å². The largest absolute Gasteiger partial charge is 0.505 e. The fourth-order valence-corrected chi connectivity index (χ4v) is 6.96. The van der Waals surface area contributed by atoms with Gasteiger partial charge in [0.05, 0.1) is 41.8 Å². The first-order valence-electron chi connectivity index (χ1n) is 17.4. The van der Waals surface area contributed by atoms with Crippen LogP contribution in [-0.2, 0) is 11.2 Å². The number of aromatic hydroxyl groups is 1. The number of Topliss-reactive ketones (excluding diaryl/α,β-unsaturated/α-hetero) is 1. The third-order valence-electron chi connectivity index (χ3n) is 9.77. The highest BCUT2D eigenvalue weighted by Gasteiger charge is 2.27. The first kappa shape index (κ1) is 34.5. The molecule has 0 bridgehead atoms. The van der Waals surface area contributed by atoms with Gasteiger partial charge in [-0.15, -0.1) is 5.11 Å². The molecule has 8 rings (SSSR count). The number of benzene rings is 6. The molecule has 11 nitrogen and oxygen atoms in total. The predicted molar refractivity (Wildman–Crippen MR) is 215 cm³/mol. The number of aromatic amines is 1. The molecule has 2 heterocycles. The molecule has 268 valence electrons. The Morgan fingerprint density at radius 1 is 0.873 bits per heavy atom. The Bertz CT molecular complexity index is 2860. The monoisotopic (exact) mass is 723 g/mol. The summed E-state index contributed by atoms with van der Waals surface area (Å²) in [5, 5.41) is 30.0. The molecule has 0 saturated heterocycles. The Morgan fingerprint density at radius 2 is 1.62 bits per heavy atom. The number of H-pyrrole nitrogens is 1. The lowest BCUT2D eigenvalue weighted by Gasteiger charge is -2.12. The topological polar surface area (TPSA) is 145 Å². The zero-order valence-electron chi connectivity index (χ0n) is 30.1. The summed E-state index contributed by atoms with van der Waals surface area (Å²) < 4.78 is 5.34. The van der Waals surface area contributed by atoms with Gasteiger partial charge in [-0.25, -0.2) is 9.84 Å². The molecule has 55 heavy (non-hydrogen) atoms. The number of azo groups is 1. The second kappa shape index (κ2) is 14.1. The fraction of sp³-hybridized carbons (Fsp3) is 0.0909. The van der Waals surface area contributed by atoms with E-state index in [0.29, 0.717) is 39.6 Å². The van der Waals surface area contributed by atoms with E-state index < -0.39 is 5.91 Å². The maximum absolute atomic E-state index is 13.9. The van der Waals surface area contributed by atoms with Crippen molar-refractivity contribution in [3.05, 3.63) is 154 Å². The van der Waals surface area contributed by atoms with Crippen LogP contribution in [0.5, 0.6) is 11.5 Å². The number of carbonyl (C=O) groups excluding carboxylic acids is 2. The molecule has 7 aromatic rings. The van der Waals surface area contributed by atoms with E-state index in [0.717, 1.165) is 43.9 Å². The summed E-state index contributed by atoms with van der Waals surface area (Å²) in [5.74, 6) is 0.188. The molecule has 0 saturated carbocycles. The van der Waals surface area contributed by atoms with Crippen LogP contribution < -0.4 is 15.4 Å². The van der Waals surface area contributed by atoms with Crippen LogP contribution in [0.2, 0.25) is 0 Å². The Morgan fingerprint density at radius 3 is 2.36 bits per heavy atom. The van der Waals surface area contributed by atoms with Crippen molar-refractivity contribution in [2.45, 2.75) is 13.3 Å². The molecule has 0 atom stereocenters. The minimum Gasteiger partial charge on any atom is -0.505 e. The van der Waals surface area contributed by atoms with E-state index in [1.165, 1.54) is 7.05 Å². The number of hydrogen-bond acceptors (Lipinski definition) is 7. The van der Waals surface area contributed by atoms with Crippen molar-refractivity contribution in [3.63, 3.8) is 0 Å². The fourth-order valence-electron chi connectivity index (χ4n) is 6.96. The van der Waals surface area contributed by atoms with Gasteiger partial charge >= 0.3 is 0 Å². The van der Waals surface area contributed by atoms with Gasteiger partial charge in [0.1, 0.15) is 17.3 Å². The van der Waals surface area contributed by atoms with Crippen LogP contribution in [0.1, 0.15) is 32.6 Å². The van der Waals surface area contributed by atoms with Crippen LogP contribution in [0.25, 0.3) is 43.1 Å². The smallest absolute Gasteiger partial charge is 0.273 e. The van der Waals surface area contributed by atoms with E-state index in [9.17, 15) is 14.7 Å². The number of likely N-dealkylation sites (N-methyl/N-ethyl adjacent to an activating group) is 1. The van der Waals surface area contributed by atoms with Crippen LogP contribution in [0.15, 0.2) is 130 Å². The number of amidine groups is 1. The average molecular weight is 724 g/mol. The molecule has 1 amide bonds. The molecule has 0 aliphatic carbocycles. The minimum absolute atomic E-state index is 0.0574. The van der Waals surface area contributed by atoms with Crippen LogP contribution in [0, 0.1) is 13.5 Å². The number of nitrogens with one attached hydrogen (secondary N) is 3. The van der Waals surface area contributed by atoms with Gasteiger partial charge in [-0.1, -0.05) is 60.7 Å². The Kier molecular flexibility index (Phi) is 8.84. The lowest BCUT2D eigenvalue weighted by Crippen LogP contribution is -2.23. The zero-order valence-corrected chi connectivity index (χ0v) is 30.1. The summed E-state index contributed by atoms with van der Waals surface area (Å²) in [6.07, 6.45) is 0.0751. The van der Waals surface area contributed by atoms with Crippen molar-refractivity contribution in [3.8, 4) is 11.5 Å². The lowest BCUT2D eigenvalue weighted by atomic mass is 9.95.